The van der Waals surface area contributed by atoms with Crippen LogP contribution >= 0.6 is 23.2 Å². The molecule has 1 amide bonds. The lowest BCUT2D eigenvalue weighted by molar-refractivity contribution is 0.0611. The van der Waals surface area contributed by atoms with Gasteiger partial charge in [0.15, 0.2) is 0 Å². The maximum Gasteiger partial charge on any atom is 0.257 e. The molecule has 0 fully saturated rings. The molecule has 0 aromatic heterocycles. The normalized spacial score (nSPS) is 17.2. The van der Waals surface area contributed by atoms with Crippen molar-refractivity contribution in [3.05, 3.63) is 33.3 Å². The second-order valence-electron chi connectivity index (χ2n) is 5.12. The fraction of sp³-hybridized carbons (Fsp3) is 0.467. The zero-order chi connectivity index (χ0) is 15.6. The molecule has 1 atom stereocenters. The van der Waals surface area contributed by atoms with E-state index in [1.54, 1.807) is 12.1 Å². The first kappa shape index (κ1) is 16.1. The smallest absolute Gasteiger partial charge is 0.257 e. The molecule has 1 aliphatic rings. The molecule has 4 nitrogen and oxygen atoms in total. The van der Waals surface area contributed by atoms with E-state index >= 15 is 0 Å². The van der Waals surface area contributed by atoms with Gasteiger partial charge in [-0.2, -0.15) is 5.26 Å². The van der Waals surface area contributed by atoms with Gasteiger partial charge in [-0.05, 0) is 32.4 Å². The summed E-state index contributed by atoms with van der Waals surface area (Å²) in [5, 5.41) is 10.1. The number of carbonyl (C=O) groups excluding carboxylic acids is 1. The number of benzene rings is 1. The van der Waals surface area contributed by atoms with Crippen molar-refractivity contribution < 1.29 is 9.53 Å². The fourth-order valence-corrected chi connectivity index (χ4v) is 2.89. The summed E-state index contributed by atoms with van der Waals surface area (Å²) in [6, 6.07) is 4.66. The molecule has 0 radical (unpaired) electrons. The van der Waals surface area contributed by atoms with Gasteiger partial charge >= 0.3 is 0 Å². The van der Waals surface area contributed by atoms with Gasteiger partial charge in [0, 0.05) is 23.7 Å². The molecule has 0 spiro atoms. The highest BCUT2D eigenvalue weighted by Crippen LogP contribution is 2.41. The van der Waals surface area contributed by atoms with Crippen LogP contribution in [0, 0.1) is 11.3 Å². The number of ether oxygens (including phenoxy) is 1. The Bertz CT molecular complexity index is 596. The Kier molecular flexibility index (Phi) is 5.10. The summed E-state index contributed by atoms with van der Waals surface area (Å²) in [5.74, 6) is -0.242. The first-order valence-corrected chi connectivity index (χ1v) is 7.53. The molecule has 0 bridgehead atoms. The van der Waals surface area contributed by atoms with Crippen molar-refractivity contribution in [2.24, 2.45) is 0 Å². The van der Waals surface area contributed by atoms with Crippen molar-refractivity contribution in [3.63, 3.8) is 0 Å². The van der Waals surface area contributed by atoms with Crippen LogP contribution < -0.4 is 0 Å². The second-order valence-corrected chi connectivity index (χ2v) is 5.94. The molecular formula is C15H16Cl2N2O2. The minimum Gasteiger partial charge on any atom is -0.379 e. The molecule has 2 rings (SSSR count). The lowest BCUT2D eigenvalue weighted by Crippen LogP contribution is -2.29. The predicted molar refractivity (Wildman–Crippen MR) is 81.6 cm³/mol. The van der Waals surface area contributed by atoms with E-state index in [2.05, 4.69) is 6.07 Å². The number of nitrogens with zero attached hydrogens (tertiary/aromatic N) is 2. The number of fused-ring (bicyclic) bond motifs is 1. The van der Waals surface area contributed by atoms with Crippen molar-refractivity contribution in [3.8, 4) is 6.07 Å². The minimum atomic E-state index is -0.683. The van der Waals surface area contributed by atoms with Gasteiger partial charge in [-0.3, -0.25) is 4.79 Å². The summed E-state index contributed by atoms with van der Waals surface area (Å²) >= 11 is 12.2. The molecule has 1 aromatic carbocycles. The number of halogens is 2. The minimum absolute atomic E-state index is 0.145. The Balaban J connectivity index is 2.19. The van der Waals surface area contributed by atoms with Gasteiger partial charge < -0.3 is 9.64 Å². The van der Waals surface area contributed by atoms with Gasteiger partial charge in [0.2, 0.25) is 0 Å². The maximum absolute atomic E-state index is 12.5. The van der Waals surface area contributed by atoms with Crippen LogP contribution in [0.1, 0.15) is 42.2 Å². The summed E-state index contributed by atoms with van der Waals surface area (Å²) < 4.78 is 5.46. The van der Waals surface area contributed by atoms with E-state index < -0.39 is 6.04 Å². The number of amides is 1. The number of hydrogen-bond acceptors (Lipinski definition) is 3. The largest absolute Gasteiger partial charge is 0.379 e. The van der Waals surface area contributed by atoms with E-state index in [1.165, 1.54) is 4.90 Å². The molecular weight excluding hydrogens is 311 g/mol. The first-order chi connectivity index (χ1) is 9.97. The van der Waals surface area contributed by atoms with Gasteiger partial charge in [0.05, 0.1) is 22.8 Å². The highest BCUT2D eigenvalue weighted by atomic mass is 35.5. The summed E-state index contributed by atoms with van der Waals surface area (Å²) in [6.45, 7) is 4.88. The van der Waals surface area contributed by atoms with Crippen LogP contribution in [0.4, 0.5) is 0 Å². The van der Waals surface area contributed by atoms with Crippen LogP contribution in [0.5, 0.6) is 0 Å². The average molecular weight is 327 g/mol. The summed E-state index contributed by atoms with van der Waals surface area (Å²) in [4.78, 5) is 14.0. The Morgan fingerprint density at radius 1 is 1.38 bits per heavy atom. The standard InChI is InChI=1S/C15H16Cl2N2O2/c1-9(2)21-7-3-6-19-12(8-18)13-10(16)4-5-11(17)14(13)15(19)20/h4-5,9,12H,3,6-7H2,1-2H3. The number of carbonyl (C=O) groups is 1. The second kappa shape index (κ2) is 6.65. The Morgan fingerprint density at radius 3 is 2.67 bits per heavy atom. The van der Waals surface area contributed by atoms with E-state index in [-0.39, 0.29) is 12.0 Å². The third-order valence-corrected chi connectivity index (χ3v) is 3.96. The predicted octanol–water partition coefficient (Wildman–Crippen LogP) is 3.83. The molecule has 1 aromatic rings. The first-order valence-electron chi connectivity index (χ1n) is 6.77. The van der Waals surface area contributed by atoms with Crippen molar-refractivity contribution in [1.29, 1.82) is 5.26 Å². The molecule has 1 unspecified atom stereocenters. The van der Waals surface area contributed by atoms with Crippen LogP contribution in [0.25, 0.3) is 0 Å². The van der Waals surface area contributed by atoms with Crippen LogP contribution in [-0.2, 0) is 4.74 Å². The van der Waals surface area contributed by atoms with Crippen molar-refractivity contribution >= 4 is 29.1 Å². The highest BCUT2D eigenvalue weighted by Gasteiger charge is 2.39. The van der Waals surface area contributed by atoms with E-state index in [0.717, 1.165) is 0 Å². The van der Waals surface area contributed by atoms with Gasteiger partial charge in [-0.15, -0.1) is 0 Å². The Labute approximate surface area is 134 Å². The molecule has 21 heavy (non-hydrogen) atoms. The third kappa shape index (κ3) is 3.16. The molecule has 0 saturated carbocycles. The topological polar surface area (TPSA) is 53.3 Å². The fourth-order valence-electron chi connectivity index (χ4n) is 2.39. The van der Waals surface area contributed by atoms with E-state index in [9.17, 15) is 10.1 Å². The Morgan fingerprint density at radius 2 is 2.05 bits per heavy atom. The van der Waals surface area contributed by atoms with Gasteiger partial charge in [-0.1, -0.05) is 23.2 Å². The molecule has 0 saturated heterocycles. The number of nitriles is 1. The zero-order valence-electron chi connectivity index (χ0n) is 11.9. The van der Waals surface area contributed by atoms with Crippen molar-refractivity contribution in [2.75, 3.05) is 13.2 Å². The molecule has 1 heterocycles. The van der Waals surface area contributed by atoms with Gasteiger partial charge in [-0.25, -0.2) is 0 Å². The Hall–Kier alpha value is -1.28. The third-order valence-electron chi connectivity index (χ3n) is 3.32. The lowest BCUT2D eigenvalue weighted by atomic mass is 10.1. The van der Waals surface area contributed by atoms with Gasteiger partial charge in [0.1, 0.15) is 6.04 Å². The van der Waals surface area contributed by atoms with Gasteiger partial charge in [0.25, 0.3) is 5.91 Å². The highest BCUT2D eigenvalue weighted by molar-refractivity contribution is 6.37. The number of rotatable bonds is 5. The number of hydrogen-bond donors (Lipinski definition) is 0. The van der Waals surface area contributed by atoms with E-state index in [4.69, 9.17) is 27.9 Å². The van der Waals surface area contributed by atoms with E-state index in [0.29, 0.717) is 40.7 Å². The van der Waals surface area contributed by atoms with Crippen molar-refractivity contribution in [1.82, 2.24) is 4.90 Å². The molecule has 112 valence electrons. The molecule has 0 N–H and O–H groups in total. The van der Waals surface area contributed by atoms with Crippen LogP contribution in [0.3, 0.4) is 0 Å². The molecule has 0 aliphatic carbocycles. The van der Waals surface area contributed by atoms with Crippen LogP contribution in [0.15, 0.2) is 12.1 Å². The quantitative estimate of drug-likeness (QED) is 0.772. The van der Waals surface area contributed by atoms with Crippen molar-refractivity contribution in [2.45, 2.75) is 32.4 Å². The molecule has 6 heteroatoms. The SMILES string of the molecule is CC(C)OCCCN1C(=O)c2c(Cl)ccc(Cl)c2C1C#N. The molecule has 1 aliphatic heterocycles. The summed E-state index contributed by atoms with van der Waals surface area (Å²) in [6.07, 6.45) is 0.804. The zero-order valence-corrected chi connectivity index (χ0v) is 13.4. The van der Waals surface area contributed by atoms with E-state index in [1.807, 2.05) is 13.8 Å². The van der Waals surface area contributed by atoms with Crippen LogP contribution in [-0.4, -0.2) is 30.1 Å². The summed E-state index contributed by atoms with van der Waals surface area (Å²) in [7, 11) is 0. The van der Waals surface area contributed by atoms with Crippen LogP contribution in [0.2, 0.25) is 10.0 Å². The lowest BCUT2D eigenvalue weighted by Gasteiger charge is -2.20. The maximum atomic E-state index is 12.5. The average Bonchev–Trinajstić information content (AvgIpc) is 2.72. The monoisotopic (exact) mass is 326 g/mol. The summed E-state index contributed by atoms with van der Waals surface area (Å²) in [5.41, 5.74) is 0.863.